The van der Waals surface area contributed by atoms with Gasteiger partial charge in [-0.05, 0) is 44.4 Å². The maximum atomic E-state index is 12.8. The SMILES string of the molecule is CCC(C)(CN)C(=O)NC(C)Cc1ccc(F)cc1. The molecule has 4 heteroatoms. The first kappa shape index (κ1) is 15.6. The van der Waals surface area contributed by atoms with Crippen LogP contribution in [0.25, 0.3) is 0 Å². The second kappa shape index (κ2) is 6.66. The molecular weight excluding hydrogens is 243 g/mol. The fourth-order valence-electron chi connectivity index (χ4n) is 1.82. The molecule has 1 rings (SSSR count). The predicted octanol–water partition coefficient (Wildman–Crippen LogP) is 2.25. The van der Waals surface area contributed by atoms with Crippen LogP contribution in [0.4, 0.5) is 4.39 Å². The Morgan fingerprint density at radius 1 is 1.42 bits per heavy atom. The number of nitrogens with one attached hydrogen (secondary N) is 1. The first-order valence-corrected chi connectivity index (χ1v) is 6.66. The Hall–Kier alpha value is -1.42. The molecule has 0 fully saturated rings. The molecule has 3 N–H and O–H groups in total. The van der Waals surface area contributed by atoms with Crippen LogP contribution in [-0.4, -0.2) is 18.5 Å². The highest BCUT2D eigenvalue weighted by Crippen LogP contribution is 2.19. The van der Waals surface area contributed by atoms with E-state index in [1.807, 2.05) is 20.8 Å². The molecule has 3 nitrogen and oxygen atoms in total. The number of nitrogens with two attached hydrogens (primary N) is 1. The van der Waals surface area contributed by atoms with Gasteiger partial charge in [0.1, 0.15) is 5.82 Å². The Morgan fingerprint density at radius 2 is 2.00 bits per heavy atom. The molecule has 0 saturated heterocycles. The number of carbonyl (C=O) groups is 1. The van der Waals surface area contributed by atoms with E-state index in [0.717, 1.165) is 5.56 Å². The molecular formula is C15H23FN2O. The molecule has 106 valence electrons. The van der Waals surface area contributed by atoms with E-state index >= 15 is 0 Å². The number of hydrogen-bond acceptors (Lipinski definition) is 2. The summed E-state index contributed by atoms with van der Waals surface area (Å²) in [7, 11) is 0. The molecule has 19 heavy (non-hydrogen) atoms. The van der Waals surface area contributed by atoms with Crippen molar-refractivity contribution in [3.8, 4) is 0 Å². The third-order valence-corrected chi connectivity index (χ3v) is 3.61. The lowest BCUT2D eigenvalue weighted by Crippen LogP contribution is -2.47. The van der Waals surface area contributed by atoms with E-state index in [1.54, 1.807) is 12.1 Å². The zero-order valence-corrected chi connectivity index (χ0v) is 11.9. The summed E-state index contributed by atoms with van der Waals surface area (Å²) < 4.78 is 12.8. The van der Waals surface area contributed by atoms with Gasteiger partial charge in [-0.25, -0.2) is 4.39 Å². The number of rotatable bonds is 6. The Balaban J connectivity index is 2.58. The first-order valence-electron chi connectivity index (χ1n) is 6.66. The average molecular weight is 266 g/mol. The topological polar surface area (TPSA) is 55.1 Å². The molecule has 1 amide bonds. The van der Waals surface area contributed by atoms with Crippen molar-refractivity contribution < 1.29 is 9.18 Å². The first-order chi connectivity index (χ1) is 8.91. The zero-order chi connectivity index (χ0) is 14.5. The summed E-state index contributed by atoms with van der Waals surface area (Å²) >= 11 is 0. The summed E-state index contributed by atoms with van der Waals surface area (Å²) in [4.78, 5) is 12.1. The lowest BCUT2D eigenvalue weighted by molar-refractivity contribution is -0.130. The molecule has 0 spiro atoms. The number of halogens is 1. The largest absolute Gasteiger partial charge is 0.353 e. The second-order valence-electron chi connectivity index (χ2n) is 5.32. The quantitative estimate of drug-likeness (QED) is 0.829. The van der Waals surface area contributed by atoms with Crippen LogP contribution < -0.4 is 11.1 Å². The maximum absolute atomic E-state index is 12.8. The van der Waals surface area contributed by atoms with Crippen molar-refractivity contribution in [3.63, 3.8) is 0 Å². The maximum Gasteiger partial charge on any atom is 0.227 e. The van der Waals surface area contributed by atoms with Crippen molar-refractivity contribution in [3.05, 3.63) is 35.6 Å². The zero-order valence-electron chi connectivity index (χ0n) is 11.9. The highest BCUT2D eigenvalue weighted by molar-refractivity contribution is 5.82. The molecule has 0 radical (unpaired) electrons. The molecule has 0 saturated carbocycles. The predicted molar refractivity (Wildman–Crippen MR) is 75.2 cm³/mol. The van der Waals surface area contributed by atoms with E-state index < -0.39 is 5.41 Å². The van der Waals surface area contributed by atoms with Crippen LogP contribution in [0.3, 0.4) is 0 Å². The Kier molecular flexibility index (Phi) is 5.48. The van der Waals surface area contributed by atoms with Crippen LogP contribution in [0.2, 0.25) is 0 Å². The summed E-state index contributed by atoms with van der Waals surface area (Å²) in [5.74, 6) is -0.269. The number of amides is 1. The van der Waals surface area contributed by atoms with Crippen LogP contribution in [0.5, 0.6) is 0 Å². The molecule has 0 aromatic heterocycles. The molecule has 2 atom stereocenters. The van der Waals surface area contributed by atoms with E-state index in [1.165, 1.54) is 12.1 Å². The van der Waals surface area contributed by atoms with Crippen LogP contribution in [0, 0.1) is 11.2 Å². The second-order valence-corrected chi connectivity index (χ2v) is 5.32. The van der Waals surface area contributed by atoms with Crippen LogP contribution in [0.1, 0.15) is 32.8 Å². The molecule has 2 unspecified atom stereocenters. The van der Waals surface area contributed by atoms with E-state index in [2.05, 4.69) is 5.32 Å². The standard InChI is InChI=1S/C15H23FN2O/c1-4-15(3,10-17)14(19)18-11(2)9-12-5-7-13(16)8-6-12/h5-8,11H,4,9-10,17H2,1-3H3,(H,18,19). The third-order valence-electron chi connectivity index (χ3n) is 3.61. The smallest absolute Gasteiger partial charge is 0.227 e. The molecule has 1 aromatic rings. The van der Waals surface area contributed by atoms with Crippen LogP contribution in [-0.2, 0) is 11.2 Å². The van der Waals surface area contributed by atoms with Crippen molar-refractivity contribution in [2.24, 2.45) is 11.1 Å². The molecule has 0 aliphatic heterocycles. The summed E-state index contributed by atoms with van der Waals surface area (Å²) in [6, 6.07) is 6.33. The van der Waals surface area contributed by atoms with Crippen molar-refractivity contribution in [1.82, 2.24) is 5.32 Å². The Labute approximate surface area is 114 Å². The van der Waals surface area contributed by atoms with Gasteiger partial charge in [-0.3, -0.25) is 4.79 Å². The van der Waals surface area contributed by atoms with E-state index in [0.29, 0.717) is 19.4 Å². The van der Waals surface area contributed by atoms with Crippen molar-refractivity contribution in [2.45, 2.75) is 39.7 Å². The van der Waals surface area contributed by atoms with Crippen molar-refractivity contribution >= 4 is 5.91 Å². The van der Waals surface area contributed by atoms with Gasteiger partial charge in [-0.2, -0.15) is 0 Å². The van der Waals surface area contributed by atoms with E-state index in [-0.39, 0.29) is 17.8 Å². The van der Waals surface area contributed by atoms with Crippen LogP contribution in [0.15, 0.2) is 24.3 Å². The highest BCUT2D eigenvalue weighted by Gasteiger charge is 2.30. The minimum Gasteiger partial charge on any atom is -0.353 e. The highest BCUT2D eigenvalue weighted by atomic mass is 19.1. The van der Waals surface area contributed by atoms with Gasteiger partial charge in [-0.1, -0.05) is 19.1 Å². The monoisotopic (exact) mass is 266 g/mol. The van der Waals surface area contributed by atoms with Gasteiger partial charge in [0.25, 0.3) is 0 Å². The van der Waals surface area contributed by atoms with Crippen molar-refractivity contribution in [1.29, 1.82) is 0 Å². The van der Waals surface area contributed by atoms with Crippen LogP contribution >= 0.6 is 0 Å². The molecule has 0 aliphatic carbocycles. The van der Waals surface area contributed by atoms with Gasteiger partial charge in [-0.15, -0.1) is 0 Å². The summed E-state index contributed by atoms with van der Waals surface area (Å²) in [6.45, 7) is 6.09. The average Bonchev–Trinajstić information content (AvgIpc) is 2.40. The minimum absolute atomic E-state index is 0.00427. The van der Waals surface area contributed by atoms with Gasteiger partial charge in [0, 0.05) is 12.6 Å². The molecule has 0 bridgehead atoms. The minimum atomic E-state index is -0.517. The fourth-order valence-corrected chi connectivity index (χ4v) is 1.82. The van der Waals surface area contributed by atoms with Gasteiger partial charge in [0.15, 0.2) is 0 Å². The fraction of sp³-hybridized carbons (Fsp3) is 0.533. The molecule has 1 aromatic carbocycles. The third kappa shape index (κ3) is 4.31. The lowest BCUT2D eigenvalue weighted by atomic mass is 9.86. The molecule has 0 heterocycles. The lowest BCUT2D eigenvalue weighted by Gasteiger charge is -2.27. The Morgan fingerprint density at radius 3 is 2.47 bits per heavy atom. The van der Waals surface area contributed by atoms with E-state index in [4.69, 9.17) is 5.73 Å². The van der Waals surface area contributed by atoms with Gasteiger partial charge in [0.05, 0.1) is 5.41 Å². The Bertz CT molecular complexity index is 413. The number of hydrogen-bond donors (Lipinski definition) is 2. The van der Waals surface area contributed by atoms with Gasteiger partial charge >= 0.3 is 0 Å². The normalized spacial score (nSPS) is 15.6. The summed E-state index contributed by atoms with van der Waals surface area (Å²) in [5, 5.41) is 2.97. The van der Waals surface area contributed by atoms with Gasteiger partial charge < -0.3 is 11.1 Å². The molecule has 0 aliphatic rings. The van der Waals surface area contributed by atoms with Gasteiger partial charge in [0.2, 0.25) is 5.91 Å². The number of carbonyl (C=O) groups excluding carboxylic acids is 1. The van der Waals surface area contributed by atoms with E-state index in [9.17, 15) is 9.18 Å². The van der Waals surface area contributed by atoms with Crippen molar-refractivity contribution in [2.75, 3.05) is 6.54 Å². The summed E-state index contributed by atoms with van der Waals surface area (Å²) in [6.07, 6.45) is 1.38. The number of benzene rings is 1. The summed E-state index contributed by atoms with van der Waals surface area (Å²) in [5.41, 5.74) is 6.14.